The summed E-state index contributed by atoms with van der Waals surface area (Å²) in [7, 11) is 0. The normalized spacial score (nSPS) is 30.8. The van der Waals surface area contributed by atoms with E-state index in [0.29, 0.717) is 19.4 Å². The fourth-order valence-corrected chi connectivity index (χ4v) is 1.86. The highest BCUT2D eigenvalue weighted by molar-refractivity contribution is 5.79. The molecule has 0 spiro atoms. The summed E-state index contributed by atoms with van der Waals surface area (Å²) in [6.07, 6.45) is 6.93. The first-order valence-electron chi connectivity index (χ1n) is 5.18. The number of carboxylic acid groups (broad SMARTS) is 1. The zero-order valence-electron chi connectivity index (χ0n) is 8.95. The average molecular weight is 211 g/mol. The van der Waals surface area contributed by atoms with Crippen molar-refractivity contribution in [1.29, 1.82) is 0 Å². The Balaban J connectivity index is 2.72. The zero-order chi connectivity index (χ0) is 11.3. The zero-order valence-corrected chi connectivity index (χ0v) is 8.95. The largest absolute Gasteiger partial charge is 0.480 e. The summed E-state index contributed by atoms with van der Waals surface area (Å²) < 4.78 is 5.46. The maximum atomic E-state index is 11.3. The number of aliphatic carboxylic acids is 1. The van der Waals surface area contributed by atoms with Crippen LogP contribution in [0.3, 0.4) is 0 Å². The van der Waals surface area contributed by atoms with Crippen molar-refractivity contribution in [3.63, 3.8) is 0 Å². The maximum Gasteiger partial charge on any atom is 0.324 e. The molecule has 0 radical (unpaired) electrons. The molecule has 2 unspecified atom stereocenters. The van der Waals surface area contributed by atoms with E-state index in [0.717, 1.165) is 6.42 Å². The molecule has 0 bridgehead atoms. The van der Waals surface area contributed by atoms with Gasteiger partial charge in [-0.1, -0.05) is 12.8 Å². The van der Waals surface area contributed by atoms with Crippen LogP contribution in [0.2, 0.25) is 0 Å². The minimum atomic E-state index is -0.898. The Kier molecular flexibility index (Phi) is 4.13. The molecule has 0 aliphatic carbocycles. The Morgan fingerprint density at radius 2 is 2.53 bits per heavy atom. The molecule has 15 heavy (non-hydrogen) atoms. The molecule has 1 fully saturated rings. The van der Waals surface area contributed by atoms with E-state index < -0.39 is 11.5 Å². The topological polar surface area (TPSA) is 58.6 Å². The van der Waals surface area contributed by atoms with Crippen LogP contribution in [0.15, 0.2) is 0 Å². The van der Waals surface area contributed by atoms with Crippen molar-refractivity contribution in [2.24, 2.45) is 0 Å². The summed E-state index contributed by atoms with van der Waals surface area (Å²) >= 11 is 0. The SMILES string of the molecule is C#CCNC1(C(=O)O)CCOC(CC)C1. The molecule has 0 aromatic carbocycles. The monoisotopic (exact) mass is 211 g/mol. The number of terminal acetylenes is 1. The lowest BCUT2D eigenvalue weighted by molar-refractivity contribution is -0.152. The third-order valence-electron chi connectivity index (χ3n) is 2.85. The van der Waals surface area contributed by atoms with Gasteiger partial charge in [-0.25, -0.2) is 0 Å². The van der Waals surface area contributed by atoms with Gasteiger partial charge in [0, 0.05) is 13.0 Å². The first-order chi connectivity index (χ1) is 7.14. The van der Waals surface area contributed by atoms with E-state index in [1.165, 1.54) is 0 Å². The Morgan fingerprint density at radius 1 is 1.80 bits per heavy atom. The Labute approximate surface area is 90.0 Å². The van der Waals surface area contributed by atoms with Crippen LogP contribution in [0.4, 0.5) is 0 Å². The highest BCUT2D eigenvalue weighted by atomic mass is 16.5. The Bertz CT molecular complexity index is 271. The average Bonchev–Trinajstić information content (AvgIpc) is 2.26. The Hall–Kier alpha value is -1.05. The molecule has 0 saturated carbocycles. The van der Waals surface area contributed by atoms with Crippen molar-refractivity contribution < 1.29 is 14.6 Å². The minimum absolute atomic E-state index is 0.0140. The number of rotatable bonds is 4. The first-order valence-corrected chi connectivity index (χ1v) is 5.18. The van der Waals surface area contributed by atoms with Gasteiger partial charge in [-0.2, -0.15) is 0 Å². The quantitative estimate of drug-likeness (QED) is 0.669. The van der Waals surface area contributed by atoms with Crippen molar-refractivity contribution in [3.05, 3.63) is 0 Å². The van der Waals surface area contributed by atoms with Crippen LogP contribution in [0, 0.1) is 12.3 Å². The lowest BCUT2D eigenvalue weighted by Crippen LogP contribution is -2.57. The molecule has 4 heteroatoms. The standard InChI is InChI=1S/C11H17NO3/c1-3-6-12-11(10(13)14)5-7-15-9(4-2)8-11/h1,9,12H,4-8H2,2H3,(H,13,14). The maximum absolute atomic E-state index is 11.3. The predicted octanol–water partition coefficient (Wildman–Crippen LogP) is 0.622. The van der Waals surface area contributed by atoms with Crippen molar-refractivity contribution >= 4 is 5.97 Å². The van der Waals surface area contributed by atoms with Crippen LogP contribution in [0.5, 0.6) is 0 Å². The molecular weight excluding hydrogens is 194 g/mol. The second kappa shape index (κ2) is 5.15. The molecule has 1 saturated heterocycles. The molecule has 2 N–H and O–H groups in total. The van der Waals surface area contributed by atoms with Crippen molar-refractivity contribution in [2.45, 2.75) is 37.8 Å². The molecular formula is C11H17NO3. The number of ether oxygens (including phenoxy) is 1. The van der Waals surface area contributed by atoms with Gasteiger partial charge >= 0.3 is 5.97 Å². The lowest BCUT2D eigenvalue weighted by Gasteiger charge is -2.37. The second-order valence-corrected chi connectivity index (χ2v) is 3.80. The van der Waals surface area contributed by atoms with E-state index >= 15 is 0 Å². The van der Waals surface area contributed by atoms with E-state index in [9.17, 15) is 9.90 Å². The smallest absolute Gasteiger partial charge is 0.324 e. The van der Waals surface area contributed by atoms with Gasteiger partial charge in [-0.3, -0.25) is 10.1 Å². The molecule has 1 aliphatic rings. The number of hydrogen-bond donors (Lipinski definition) is 2. The highest BCUT2D eigenvalue weighted by Crippen LogP contribution is 2.26. The summed E-state index contributed by atoms with van der Waals surface area (Å²) in [5, 5.41) is 12.2. The molecule has 0 aromatic heterocycles. The molecule has 1 heterocycles. The van der Waals surface area contributed by atoms with Gasteiger partial charge in [-0.15, -0.1) is 6.42 Å². The summed E-state index contributed by atoms with van der Waals surface area (Å²) in [4.78, 5) is 11.3. The molecule has 0 aromatic rings. The van der Waals surface area contributed by atoms with Crippen LogP contribution in [0.1, 0.15) is 26.2 Å². The summed E-state index contributed by atoms with van der Waals surface area (Å²) in [6.45, 7) is 2.74. The van der Waals surface area contributed by atoms with Gasteiger partial charge in [0.15, 0.2) is 0 Å². The number of carboxylic acids is 1. The summed E-state index contributed by atoms with van der Waals surface area (Å²) in [5.74, 6) is 1.58. The van der Waals surface area contributed by atoms with E-state index in [-0.39, 0.29) is 12.6 Å². The van der Waals surface area contributed by atoms with E-state index in [1.54, 1.807) is 0 Å². The molecule has 1 rings (SSSR count). The third kappa shape index (κ3) is 2.71. The molecule has 2 atom stereocenters. The molecule has 4 nitrogen and oxygen atoms in total. The fourth-order valence-electron chi connectivity index (χ4n) is 1.86. The molecule has 84 valence electrons. The van der Waals surface area contributed by atoms with Crippen LogP contribution < -0.4 is 5.32 Å². The van der Waals surface area contributed by atoms with Gasteiger partial charge < -0.3 is 9.84 Å². The van der Waals surface area contributed by atoms with Crippen molar-refractivity contribution in [2.75, 3.05) is 13.2 Å². The van der Waals surface area contributed by atoms with Gasteiger partial charge in [0.25, 0.3) is 0 Å². The van der Waals surface area contributed by atoms with Crippen LogP contribution in [0.25, 0.3) is 0 Å². The summed E-state index contributed by atoms with van der Waals surface area (Å²) in [6, 6.07) is 0. The van der Waals surface area contributed by atoms with Gasteiger partial charge in [-0.05, 0) is 12.8 Å². The van der Waals surface area contributed by atoms with E-state index in [4.69, 9.17) is 11.2 Å². The minimum Gasteiger partial charge on any atom is -0.480 e. The molecule has 0 amide bonds. The van der Waals surface area contributed by atoms with Crippen LogP contribution in [-0.2, 0) is 9.53 Å². The second-order valence-electron chi connectivity index (χ2n) is 3.80. The number of nitrogens with one attached hydrogen (secondary N) is 1. The summed E-state index contributed by atoms with van der Waals surface area (Å²) in [5.41, 5.74) is -0.898. The lowest BCUT2D eigenvalue weighted by atomic mass is 9.86. The van der Waals surface area contributed by atoms with Crippen molar-refractivity contribution in [1.82, 2.24) is 5.32 Å². The van der Waals surface area contributed by atoms with Gasteiger partial charge in [0.1, 0.15) is 5.54 Å². The van der Waals surface area contributed by atoms with Crippen LogP contribution >= 0.6 is 0 Å². The first kappa shape index (κ1) is 12.0. The predicted molar refractivity (Wildman–Crippen MR) is 56.5 cm³/mol. The van der Waals surface area contributed by atoms with E-state index in [1.807, 2.05) is 6.92 Å². The number of carbonyl (C=O) groups is 1. The molecule has 1 aliphatic heterocycles. The highest BCUT2D eigenvalue weighted by Gasteiger charge is 2.42. The number of hydrogen-bond acceptors (Lipinski definition) is 3. The van der Waals surface area contributed by atoms with Gasteiger partial charge in [0.05, 0.1) is 12.6 Å². The fraction of sp³-hybridized carbons (Fsp3) is 0.727. The van der Waals surface area contributed by atoms with Crippen molar-refractivity contribution in [3.8, 4) is 12.3 Å². The van der Waals surface area contributed by atoms with Gasteiger partial charge in [0.2, 0.25) is 0 Å². The van der Waals surface area contributed by atoms with Crippen LogP contribution in [-0.4, -0.2) is 35.9 Å². The Morgan fingerprint density at radius 3 is 3.07 bits per heavy atom. The third-order valence-corrected chi connectivity index (χ3v) is 2.85. The van der Waals surface area contributed by atoms with E-state index in [2.05, 4.69) is 11.2 Å².